The van der Waals surface area contributed by atoms with Crippen LogP contribution in [-0.2, 0) is 0 Å². The van der Waals surface area contributed by atoms with Gasteiger partial charge in [0.25, 0.3) is 5.91 Å². The SMILES string of the molecule is Cc1ccccc1C(=O)N/N=C\c1ccccc1. The van der Waals surface area contributed by atoms with Crippen molar-refractivity contribution in [2.24, 2.45) is 5.10 Å². The second kappa shape index (κ2) is 5.77. The van der Waals surface area contributed by atoms with E-state index in [9.17, 15) is 4.79 Å². The zero-order chi connectivity index (χ0) is 12.8. The van der Waals surface area contributed by atoms with Crippen LogP contribution in [0.4, 0.5) is 0 Å². The molecule has 0 aliphatic rings. The number of hydrogen-bond acceptors (Lipinski definition) is 2. The van der Waals surface area contributed by atoms with Gasteiger partial charge in [-0.1, -0.05) is 48.5 Å². The van der Waals surface area contributed by atoms with E-state index in [0.717, 1.165) is 11.1 Å². The quantitative estimate of drug-likeness (QED) is 0.648. The monoisotopic (exact) mass is 238 g/mol. The lowest BCUT2D eigenvalue weighted by atomic mass is 10.1. The molecule has 18 heavy (non-hydrogen) atoms. The molecular weight excluding hydrogens is 224 g/mol. The fraction of sp³-hybridized carbons (Fsp3) is 0.0667. The van der Waals surface area contributed by atoms with Crippen LogP contribution in [0.15, 0.2) is 59.7 Å². The van der Waals surface area contributed by atoms with E-state index in [1.54, 1.807) is 12.3 Å². The van der Waals surface area contributed by atoms with Gasteiger partial charge in [0.2, 0.25) is 0 Å². The van der Waals surface area contributed by atoms with E-state index in [2.05, 4.69) is 10.5 Å². The molecule has 0 unspecified atom stereocenters. The third-order valence-electron chi connectivity index (χ3n) is 2.57. The predicted molar refractivity (Wildman–Crippen MR) is 72.7 cm³/mol. The number of carbonyl (C=O) groups excluding carboxylic acids is 1. The van der Waals surface area contributed by atoms with Gasteiger partial charge in [-0.3, -0.25) is 4.79 Å². The topological polar surface area (TPSA) is 41.5 Å². The highest BCUT2D eigenvalue weighted by molar-refractivity contribution is 5.96. The smallest absolute Gasteiger partial charge is 0.267 e. The third kappa shape index (κ3) is 3.04. The molecule has 0 saturated heterocycles. The Morgan fingerprint density at radius 2 is 1.72 bits per heavy atom. The number of hydrazone groups is 1. The molecule has 3 heteroatoms. The Hall–Kier alpha value is -2.42. The summed E-state index contributed by atoms with van der Waals surface area (Å²) in [5.74, 6) is -0.194. The summed E-state index contributed by atoms with van der Waals surface area (Å²) in [7, 11) is 0. The summed E-state index contributed by atoms with van der Waals surface area (Å²) in [6.07, 6.45) is 1.62. The van der Waals surface area contributed by atoms with Gasteiger partial charge in [0.1, 0.15) is 0 Å². The molecule has 0 fully saturated rings. The standard InChI is InChI=1S/C15H14N2O/c1-12-7-5-6-10-14(12)15(18)17-16-11-13-8-3-2-4-9-13/h2-11H,1H3,(H,17,18)/b16-11-. The average molecular weight is 238 g/mol. The summed E-state index contributed by atoms with van der Waals surface area (Å²) >= 11 is 0. The van der Waals surface area contributed by atoms with Crippen LogP contribution in [0.25, 0.3) is 0 Å². The summed E-state index contributed by atoms with van der Waals surface area (Å²) in [5, 5.41) is 3.93. The van der Waals surface area contributed by atoms with Crippen molar-refractivity contribution in [3.8, 4) is 0 Å². The van der Waals surface area contributed by atoms with E-state index < -0.39 is 0 Å². The molecule has 2 aromatic carbocycles. The van der Waals surface area contributed by atoms with Crippen LogP contribution >= 0.6 is 0 Å². The molecule has 3 nitrogen and oxygen atoms in total. The Balaban J connectivity index is 2.01. The molecule has 0 aromatic heterocycles. The Morgan fingerprint density at radius 1 is 1.06 bits per heavy atom. The first-order valence-corrected chi connectivity index (χ1v) is 5.71. The van der Waals surface area contributed by atoms with Crippen LogP contribution in [0.1, 0.15) is 21.5 Å². The average Bonchev–Trinajstić information content (AvgIpc) is 2.40. The molecule has 90 valence electrons. The predicted octanol–water partition coefficient (Wildman–Crippen LogP) is 2.76. The van der Waals surface area contributed by atoms with Crippen molar-refractivity contribution in [3.63, 3.8) is 0 Å². The maximum atomic E-state index is 11.8. The number of aryl methyl sites for hydroxylation is 1. The first-order chi connectivity index (χ1) is 8.77. The fourth-order valence-electron chi connectivity index (χ4n) is 1.59. The molecule has 0 radical (unpaired) electrons. The minimum absolute atomic E-state index is 0.194. The van der Waals surface area contributed by atoms with E-state index in [1.807, 2.05) is 55.5 Å². The van der Waals surface area contributed by atoms with Crippen molar-refractivity contribution in [1.82, 2.24) is 5.43 Å². The molecule has 0 spiro atoms. The fourth-order valence-corrected chi connectivity index (χ4v) is 1.59. The lowest BCUT2D eigenvalue weighted by molar-refractivity contribution is 0.0954. The van der Waals surface area contributed by atoms with Gasteiger partial charge in [-0.25, -0.2) is 5.43 Å². The minimum atomic E-state index is -0.194. The molecule has 0 heterocycles. The van der Waals surface area contributed by atoms with Gasteiger partial charge in [-0.05, 0) is 24.1 Å². The first kappa shape index (κ1) is 12.0. The van der Waals surface area contributed by atoms with Crippen LogP contribution in [0.3, 0.4) is 0 Å². The van der Waals surface area contributed by atoms with Crippen molar-refractivity contribution in [2.75, 3.05) is 0 Å². The zero-order valence-corrected chi connectivity index (χ0v) is 10.1. The van der Waals surface area contributed by atoms with Gasteiger partial charge in [0, 0.05) is 5.56 Å². The van der Waals surface area contributed by atoms with E-state index in [-0.39, 0.29) is 5.91 Å². The maximum absolute atomic E-state index is 11.8. The van der Waals surface area contributed by atoms with Crippen molar-refractivity contribution >= 4 is 12.1 Å². The summed E-state index contributed by atoms with van der Waals surface area (Å²) in [6, 6.07) is 17.0. The number of carbonyl (C=O) groups is 1. The highest BCUT2D eigenvalue weighted by Gasteiger charge is 2.05. The number of hydrogen-bond donors (Lipinski definition) is 1. The molecule has 0 bridgehead atoms. The lowest BCUT2D eigenvalue weighted by Crippen LogP contribution is -2.18. The van der Waals surface area contributed by atoms with Crippen LogP contribution in [0.5, 0.6) is 0 Å². The van der Waals surface area contributed by atoms with Gasteiger partial charge in [0.15, 0.2) is 0 Å². The molecule has 0 aliphatic heterocycles. The molecule has 2 aromatic rings. The van der Waals surface area contributed by atoms with Gasteiger partial charge in [0.05, 0.1) is 6.21 Å². The summed E-state index contributed by atoms with van der Waals surface area (Å²) in [5.41, 5.74) is 5.04. The Kier molecular flexibility index (Phi) is 3.86. The highest BCUT2D eigenvalue weighted by Crippen LogP contribution is 2.06. The molecule has 1 amide bonds. The van der Waals surface area contributed by atoms with Gasteiger partial charge in [-0.15, -0.1) is 0 Å². The van der Waals surface area contributed by atoms with Crippen LogP contribution in [0.2, 0.25) is 0 Å². The number of nitrogens with one attached hydrogen (secondary N) is 1. The molecule has 0 aliphatic carbocycles. The van der Waals surface area contributed by atoms with Gasteiger partial charge >= 0.3 is 0 Å². The van der Waals surface area contributed by atoms with Gasteiger partial charge in [-0.2, -0.15) is 5.10 Å². The Bertz CT molecular complexity index is 562. The Morgan fingerprint density at radius 3 is 2.44 bits per heavy atom. The molecule has 2 rings (SSSR count). The maximum Gasteiger partial charge on any atom is 0.271 e. The normalized spacial score (nSPS) is 10.5. The van der Waals surface area contributed by atoms with Crippen molar-refractivity contribution in [2.45, 2.75) is 6.92 Å². The second-order valence-corrected chi connectivity index (χ2v) is 3.92. The van der Waals surface area contributed by atoms with Crippen molar-refractivity contribution < 1.29 is 4.79 Å². The van der Waals surface area contributed by atoms with Gasteiger partial charge < -0.3 is 0 Å². The first-order valence-electron chi connectivity index (χ1n) is 5.71. The second-order valence-electron chi connectivity index (χ2n) is 3.92. The number of amides is 1. The molecule has 0 saturated carbocycles. The number of rotatable bonds is 3. The zero-order valence-electron chi connectivity index (χ0n) is 10.1. The van der Waals surface area contributed by atoms with Crippen molar-refractivity contribution in [1.29, 1.82) is 0 Å². The Labute approximate surface area is 106 Å². The number of benzene rings is 2. The van der Waals surface area contributed by atoms with Crippen molar-refractivity contribution in [3.05, 3.63) is 71.3 Å². The highest BCUT2D eigenvalue weighted by atomic mass is 16.2. The van der Waals surface area contributed by atoms with Crippen LogP contribution in [-0.4, -0.2) is 12.1 Å². The largest absolute Gasteiger partial charge is 0.271 e. The minimum Gasteiger partial charge on any atom is -0.267 e. The third-order valence-corrected chi connectivity index (χ3v) is 2.57. The van der Waals surface area contributed by atoms with E-state index in [0.29, 0.717) is 5.56 Å². The molecule has 1 N–H and O–H groups in total. The summed E-state index contributed by atoms with van der Waals surface area (Å²) in [6.45, 7) is 1.90. The summed E-state index contributed by atoms with van der Waals surface area (Å²) < 4.78 is 0. The van der Waals surface area contributed by atoms with Crippen LogP contribution in [0, 0.1) is 6.92 Å². The molecule has 0 atom stereocenters. The van der Waals surface area contributed by atoms with Crippen LogP contribution < -0.4 is 5.43 Å². The van der Waals surface area contributed by atoms with E-state index >= 15 is 0 Å². The number of nitrogens with zero attached hydrogens (tertiary/aromatic N) is 1. The molecular formula is C15H14N2O. The lowest BCUT2D eigenvalue weighted by Gasteiger charge is -2.02. The van der Waals surface area contributed by atoms with E-state index in [4.69, 9.17) is 0 Å². The summed E-state index contributed by atoms with van der Waals surface area (Å²) in [4.78, 5) is 11.8. The van der Waals surface area contributed by atoms with E-state index in [1.165, 1.54) is 0 Å².